The molecule has 3 N–H and O–H groups in total. The molecule has 68 valence electrons. The van der Waals surface area contributed by atoms with Crippen LogP contribution in [0.25, 0.3) is 0 Å². The monoisotopic (exact) mass is 170 g/mol. The summed E-state index contributed by atoms with van der Waals surface area (Å²) in [6.07, 6.45) is 1.67. The van der Waals surface area contributed by atoms with Crippen molar-refractivity contribution in [3.63, 3.8) is 0 Å². The number of nitrogens with two attached hydrogens (primary N) is 1. The van der Waals surface area contributed by atoms with Gasteiger partial charge < -0.3 is 5.73 Å². The van der Waals surface area contributed by atoms with Crippen LogP contribution in [0, 0.1) is 5.92 Å². The van der Waals surface area contributed by atoms with E-state index in [1.54, 1.807) is 13.0 Å². The quantitative estimate of drug-likeness (QED) is 0.601. The van der Waals surface area contributed by atoms with Crippen molar-refractivity contribution < 1.29 is 9.59 Å². The molecule has 0 saturated carbocycles. The van der Waals surface area contributed by atoms with Gasteiger partial charge >= 0.3 is 6.03 Å². The van der Waals surface area contributed by atoms with E-state index >= 15 is 0 Å². The van der Waals surface area contributed by atoms with Crippen molar-refractivity contribution in [2.75, 3.05) is 0 Å². The van der Waals surface area contributed by atoms with Gasteiger partial charge in [-0.1, -0.05) is 19.9 Å². The second-order valence-electron chi connectivity index (χ2n) is 2.72. The molecule has 0 saturated heterocycles. The number of imide groups is 1. The van der Waals surface area contributed by atoms with Gasteiger partial charge in [0, 0.05) is 5.57 Å². The third kappa shape index (κ3) is 3.18. The molecule has 0 aromatic heterocycles. The van der Waals surface area contributed by atoms with Gasteiger partial charge in [-0.25, -0.2) is 4.79 Å². The second kappa shape index (κ2) is 4.54. The summed E-state index contributed by atoms with van der Waals surface area (Å²) in [6.45, 7) is 5.49. The van der Waals surface area contributed by atoms with Crippen LogP contribution in [0.5, 0.6) is 0 Å². The molecule has 3 amide bonds. The summed E-state index contributed by atoms with van der Waals surface area (Å²) in [5.74, 6) is -0.325. The molecular formula is C8H14N2O2. The fraction of sp³-hybridized carbons (Fsp3) is 0.500. The van der Waals surface area contributed by atoms with Crippen molar-refractivity contribution in [2.45, 2.75) is 20.8 Å². The highest BCUT2D eigenvalue weighted by molar-refractivity contribution is 6.03. The fourth-order valence-electron chi connectivity index (χ4n) is 0.911. The lowest BCUT2D eigenvalue weighted by Gasteiger charge is -2.08. The fourth-order valence-corrected chi connectivity index (χ4v) is 0.911. The SMILES string of the molecule is C/C=C(\C(=O)NC(N)=O)C(C)C. The van der Waals surface area contributed by atoms with Crippen LogP contribution in [0.2, 0.25) is 0 Å². The van der Waals surface area contributed by atoms with Gasteiger partial charge in [0.25, 0.3) is 5.91 Å². The van der Waals surface area contributed by atoms with E-state index in [0.29, 0.717) is 5.57 Å². The van der Waals surface area contributed by atoms with Crippen LogP contribution in [0.3, 0.4) is 0 Å². The Kier molecular flexibility index (Phi) is 4.04. The summed E-state index contributed by atoms with van der Waals surface area (Å²) >= 11 is 0. The molecular weight excluding hydrogens is 156 g/mol. The predicted molar refractivity (Wildman–Crippen MR) is 46.3 cm³/mol. The maximum Gasteiger partial charge on any atom is 0.319 e. The van der Waals surface area contributed by atoms with Gasteiger partial charge in [0.05, 0.1) is 0 Å². The minimum absolute atomic E-state index is 0.0920. The normalized spacial score (nSPS) is 11.5. The zero-order valence-electron chi connectivity index (χ0n) is 7.55. The number of rotatable bonds is 2. The molecule has 4 nitrogen and oxygen atoms in total. The number of carbonyl (C=O) groups is 2. The van der Waals surface area contributed by atoms with Gasteiger partial charge in [-0.15, -0.1) is 0 Å². The molecule has 0 aliphatic carbocycles. The van der Waals surface area contributed by atoms with Crippen LogP contribution in [-0.4, -0.2) is 11.9 Å². The average molecular weight is 170 g/mol. The highest BCUT2D eigenvalue weighted by Crippen LogP contribution is 2.08. The summed E-state index contributed by atoms with van der Waals surface area (Å²) in [7, 11) is 0. The first-order chi connectivity index (χ1) is 5.49. The molecule has 0 radical (unpaired) electrons. The lowest BCUT2D eigenvalue weighted by atomic mass is 10.0. The number of allylic oxidation sites excluding steroid dienone is 1. The highest BCUT2D eigenvalue weighted by atomic mass is 16.2. The number of primary amides is 1. The molecule has 0 aliphatic heterocycles. The lowest BCUT2D eigenvalue weighted by Crippen LogP contribution is -2.36. The van der Waals surface area contributed by atoms with Gasteiger partial charge in [-0.2, -0.15) is 0 Å². The number of amides is 3. The van der Waals surface area contributed by atoms with E-state index in [0.717, 1.165) is 0 Å². The summed E-state index contributed by atoms with van der Waals surface area (Å²) < 4.78 is 0. The van der Waals surface area contributed by atoms with E-state index in [1.807, 2.05) is 19.2 Å². The minimum Gasteiger partial charge on any atom is -0.351 e. The van der Waals surface area contributed by atoms with Crippen molar-refractivity contribution >= 4 is 11.9 Å². The molecule has 0 bridgehead atoms. The molecule has 0 atom stereocenters. The van der Waals surface area contributed by atoms with Crippen LogP contribution < -0.4 is 11.1 Å². The maximum atomic E-state index is 11.1. The Morgan fingerprint density at radius 1 is 1.42 bits per heavy atom. The highest BCUT2D eigenvalue weighted by Gasteiger charge is 2.12. The van der Waals surface area contributed by atoms with Crippen molar-refractivity contribution in [3.05, 3.63) is 11.6 Å². The zero-order valence-corrected chi connectivity index (χ0v) is 7.55. The van der Waals surface area contributed by atoms with Crippen molar-refractivity contribution in [2.24, 2.45) is 11.7 Å². The lowest BCUT2D eigenvalue weighted by molar-refractivity contribution is -0.116. The number of hydrogen-bond acceptors (Lipinski definition) is 2. The largest absolute Gasteiger partial charge is 0.351 e. The molecule has 0 aliphatic rings. The van der Waals surface area contributed by atoms with Gasteiger partial charge in [-0.3, -0.25) is 10.1 Å². The molecule has 0 aromatic carbocycles. The summed E-state index contributed by atoms with van der Waals surface area (Å²) in [5.41, 5.74) is 5.35. The van der Waals surface area contributed by atoms with Gasteiger partial charge in [0.2, 0.25) is 0 Å². The summed E-state index contributed by atoms with van der Waals surface area (Å²) in [6, 6.07) is -0.819. The number of nitrogens with one attached hydrogen (secondary N) is 1. The van der Waals surface area contributed by atoms with Crippen LogP contribution in [-0.2, 0) is 4.79 Å². The average Bonchev–Trinajstić information content (AvgIpc) is 1.85. The van der Waals surface area contributed by atoms with Crippen molar-refractivity contribution in [1.82, 2.24) is 5.32 Å². The summed E-state index contributed by atoms with van der Waals surface area (Å²) in [4.78, 5) is 21.5. The first-order valence-corrected chi connectivity index (χ1v) is 3.76. The molecule has 0 aromatic rings. The minimum atomic E-state index is -0.819. The molecule has 0 spiro atoms. The van der Waals surface area contributed by atoms with E-state index in [2.05, 4.69) is 0 Å². The van der Waals surface area contributed by atoms with Crippen LogP contribution in [0.1, 0.15) is 20.8 Å². The smallest absolute Gasteiger partial charge is 0.319 e. The third-order valence-corrected chi connectivity index (χ3v) is 1.43. The molecule has 12 heavy (non-hydrogen) atoms. The molecule has 0 rings (SSSR count). The van der Waals surface area contributed by atoms with E-state index in [1.165, 1.54) is 0 Å². The van der Waals surface area contributed by atoms with Crippen LogP contribution >= 0.6 is 0 Å². The number of urea groups is 1. The first kappa shape index (κ1) is 10.7. The van der Waals surface area contributed by atoms with E-state index < -0.39 is 11.9 Å². The number of carbonyl (C=O) groups excluding carboxylic acids is 2. The van der Waals surface area contributed by atoms with Gasteiger partial charge in [0.1, 0.15) is 0 Å². The third-order valence-electron chi connectivity index (χ3n) is 1.43. The Balaban J connectivity index is 4.35. The van der Waals surface area contributed by atoms with E-state index in [4.69, 9.17) is 5.73 Å². The Hall–Kier alpha value is -1.32. The zero-order chi connectivity index (χ0) is 9.72. The maximum absolute atomic E-state index is 11.1. The molecule has 0 fully saturated rings. The van der Waals surface area contributed by atoms with Gasteiger partial charge in [-0.05, 0) is 12.8 Å². The van der Waals surface area contributed by atoms with Gasteiger partial charge in [0.15, 0.2) is 0 Å². The van der Waals surface area contributed by atoms with Crippen molar-refractivity contribution in [3.8, 4) is 0 Å². The van der Waals surface area contributed by atoms with E-state index in [9.17, 15) is 9.59 Å². The Labute approximate surface area is 71.8 Å². The van der Waals surface area contributed by atoms with Crippen molar-refractivity contribution in [1.29, 1.82) is 0 Å². The standard InChI is InChI=1S/C8H14N2O2/c1-4-6(5(2)3)7(11)10-8(9)12/h4-5H,1-3H3,(H3,9,10,11,12)/b6-4-. The number of hydrogen-bond donors (Lipinski definition) is 2. The molecule has 4 heteroatoms. The Morgan fingerprint density at radius 2 is 1.92 bits per heavy atom. The topological polar surface area (TPSA) is 72.2 Å². The van der Waals surface area contributed by atoms with Crippen LogP contribution in [0.15, 0.2) is 11.6 Å². The Morgan fingerprint density at radius 3 is 2.17 bits per heavy atom. The first-order valence-electron chi connectivity index (χ1n) is 3.76. The second-order valence-corrected chi connectivity index (χ2v) is 2.72. The molecule has 0 unspecified atom stereocenters. The predicted octanol–water partition coefficient (Wildman–Crippen LogP) is 0.784. The summed E-state index contributed by atoms with van der Waals surface area (Å²) in [5, 5.41) is 2.01. The van der Waals surface area contributed by atoms with Crippen LogP contribution in [0.4, 0.5) is 4.79 Å². The molecule has 0 heterocycles. The van der Waals surface area contributed by atoms with E-state index in [-0.39, 0.29) is 5.92 Å². The Bertz CT molecular complexity index is 219.